The lowest BCUT2D eigenvalue weighted by atomic mass is 9.99. The van der Waals surface area contributed by atoms with Crippen LogP contribution in [0.1, 0.15) is 24.1 Å². The van der Waals surface area contributed by atoms with Crippen LogP contribution in [0.5, 0.6) is 0 Å². The summed E-state index contributed by atoms with van der Waals surface area (Å²) in [5, 5.41) is 4.41. The number of aryl methyl sites for hydroxylation is 2. The molecule has 2 aliphatic rings. The summed E-state index contributed by atoms with van der Waals surface area (Å²) in [4.78, 5) is 0. The van der Waals surface area contributed by atoms with E-state index in [0.29, 0.717) is 19.6 Å². The molecule has 118 valence electrons. The summed E-state index contributed by atoms with van der Waals surface area (Å²) in [6.07, 6.45) is 3.46. The minimum atomic E-state index is -3.95. The molecule has 0 amide bonds. The van der Waals surface area contributed by atoms with Gasteiger partial charge in [-0.2, -0.15) is 13.5 Å². The van der Waals surface area contributed by atoms with Crippen LogP contribution in [-0.2, 0) is 44.4 Å². The second-order valence-electron chi connectivity index (χ2n) is 5.40. The first-order valence-electron chi connectivity index (χ1n) is 7.03. The molecule has 1 fully saturated rings. The van der Waals surface area contributed by atoms with E-state index >= 15 is 0 Å². The molecule has 0 atom stereocenters. The molecule has 9 heteroatoms. The molecule has 0 N–H and O–H groups in total. The van der Waals surface area contributed by atoms with Crippen molar-refractivity contribution in [3.05, 3.63) is 11.3 Å². The molecule has 0 bridgehead atoms. The SMILES string of the molecule is Cn1nc2c(c1S(=O)(=O)N=S1(=O)CCOCC1)CCCC2. The summed E-state index contributed by atoms with van der Waals surface area (Å²) < 4.78 is 48.0. The number of aromatic nitrogens is 2. The molecule has 0 aromatic carbocycles. The number of nitrogens with zero attached hydrogens (tertiary/aromatic N) is 3. The quantitative estimate of drug-likeness (QED) is 0.785. The van der Waals surface area contributed by atoms with E-state index in [9.17, 15) is 12.6 Å². The zero-order chi connectivity index (χ0) is 15.1. The van der Waals surface area contributed by atoms with Crippen LogP contribution in [0.15, 0.2) is 8.79 Å². The van der Waals surface area contributed by atoms with Crippen molar-refractivity contribution >= 4 is 19.8 Å². The van der Waals surface area contributed by atoms with Crippen molar-refractivity contribution in [1.29, 1.82) is 0 Å². The van der Waals surface area contributed by atoms with Crippen LogP contribution in [0, 0.1) is 0 Å². The van der Waals surface area contributed by atoms with Gasteiger partial charge in [0, 0.05) is 12.6 Å². The van der Waals surface area contributed by atoms with E-state index < -0.39 is 19.8 Å². The summed E-state index contributed by atoms with van der Waals surface area (Å²) in [5.41, 5.74) is 1.59. The first-order valence-corrected chi connectivity index (χ1v) is 10.3. The minimum absolute atomic E-state index is 0.117. The third-order valence-corrected chi connectivity index (χ3v) is 8.31. The standard InChI is InChI=1S/C12H19N3O4S2/c1-15-12(10-4-2-3-5-11(10)13-15)21(17,18)14-20(16)8-6-19-7-9-20/h2-9H2,1H3. The molecule has 1 aromatic heterocycles. The van der Waals surface area contributed by atoms with E-state index in [1.165, 1.54) is 4.68 Å². The highest BCUT2D eigenvalue weighted by molar-refractivity contribution is 8.03. The second kappa shape index (κ2) is 5.36. The molecule has 1 aromatic rings. The molecule has 7 nitrogen and oxygen atoms in total. The maximum absolute atomic E-state index is 12.6. The van der Waals surface area contributed by atoms with Crippen molar-refractivity contribution in [2.45, 2.75) is 30.7 Å². The van der Waals surface area contributed by atoms with Crippen molar-refractivity contribution in [1.82, 2.24) is 9.78 Å². The van der Waals surface area contributed by atoms with E-state index in [1.54, 1.807) is 7.05 Å². The Hall–Kier alpha value is -0.930. The fourth-order valence-corrected chi connectivity index (χ4v) is 7.02. The first-order chi connectivity index (χ1) is 9.91. The highest BCUT2D eigenvalue weighted by atomic mass is 32.3. The number of hydrogen-bond acceptors (Lipinski definition) is 5. The van der Waals surface area contributed by atoms with Gasteiger partial charge >= 0.3 is 10.0 Å². The average molecular weight is 333 g/mol. The van der Waals surface area contributed by atoms with Gasteiger partial charge in [0.25, 0.3) is 0 Å². The van der Waals surface area contributed by atoms with E-state index in [4.69, 9.17) is 4.74 Å². The van der Waals surface area contributed by atoms with Crippen LogP contribution in [0.3, 0.4) is 0 Å². The molecule has 0 saturated carbocycles. The van der Waals surface area contributed by atoms with Crippen molar-refractivity contribution in [3.8, 4) is 0 Å². The van der Waals surface area contributed by atoms with Crippen molar-refractivity contribution in [3.63, 3.8) is 0 Å². The van der Waals surface area contributed by atoms with Gasteiger partial charge in [-0.15, -0.1) is 3.77 Å². The van der Waals surface area contributed by atoms with Crippen LogP contribution in [-0.4, -0.2) is 47.1 Å². The van der Waals surface area contributed by atoms with Gasteiger partial charge in [0.15, 0.2) is 5.03 Å². The van der Waals surface area contributed by atoms with Gasteiger partial charge in [-0.1, -0.05) is 0 Å². The number of hydrogen-bond donors (Lipinski definition) is 0. The van der Waals surface area contributed by atoms with Crippen molar-refractivity contribution < 1.29 is 17.4 Å². The van der Waals surface area contributed by atoms with Gasteiger partial charge in [0.05, 0.1) is 40.1 Å². The van der Waals surface area contributed by atoms with Crippen molar-refractivity contribution in [2.24, 2.45) is 10.8 Å². The Balaban J connectivity index is 2.09. The fourth-order valence-electron chi connectivity index (χ4n) is 2.85. The Morgan fingerprint density at radius 3 is 2.62 bits per heavy atom. The molecule has 21 heavy (non-hydrogen) atoms. The summed E-state index contributed by atoms with van der Waals surface area (Å²) in [7, 11) is -5.09. The maximum atomic E-state index is 12.6. The lowest BCUT2D eigenvalue weighted by molar-refractivity contribution is 0.158. The predicted molar refractivity (Wildman–Crippen MR) is 78.2 cm³/mol. The van der Waals surface area contributed by atoms with Gasteiger partial charge in [-0.05, 0) is 25.7 Å². The van der Waals surface area contributed by atoms with E-state index in [-0.39, 0.29) is 16.5 Å². The summed E-state index contributed by atoms with van der Waals surface area (Å²) in [5.74, 6) is 0.346. The molecule has 0 spiro atoms. The van der Waals surface area contributed by atoms with Crippen LogP contribution in [0.25, 0.3) is 0 Å². The molecule has 3 rings (SSSR count). The minimum Gasteiger partial charge on any atom is -0.379 e. The number of ether oxygens (including phenoxy) is 1. The second-order valence-corrected chi connectivity index (χ2v) is 9.70. The van der Waals surface area contributed by atoms with Gasteiger partial charge in [-0.3, -0.25) is 4.68 Å². The summed E-state index contributed by atoms with van der Waals surface area (Å²) >= 11 is 0. The summed E-state index contributed by atoms with van der Waals surface area (Å²) in [6, 6.07) is 0. The number of rotatable bonds is 2. The Kier molecular flexibility index (Phi) is 3.83. The molecule has 2 heterocycles. The Labute approximate surface area is 124 Å². The number of sulfonamides is 1. The lowest BCUT2D eigenvalue weighted by Gasteiger charge is -2.16. The fraction of sp³-hybridized carbons (Fsp3) is 0.750. The van der Waals surface area contributed by atoms with Crippen molar-refractivity contribution in [2.75, 3.05) is 24.7 Å². The van der Waals surface area contributed by atoms with E-state index in [2.05, 4.69) is 8.87 Å². The van der Waals surface area contributed by atoms with E-state index in [0.717, 1.165) is 30.5 Å². The van der Waals surface area contributed by atoms with Gasteiger partial charge < -0.3 is 4.74 Å². The highest BCUT2D eigenvalue weighted by Crippen LogP contribution is 2.28. The molecular weight excluding hydrogens is 314 g/mol. The van der Waals surface area contributed by atoms with Gasteiger partial charge in [0.1, 0.15) is 0 Å². The topological polar surface area (TPSA) is 90.6 Å². The first kappa shape index (κ1) is 15.0. The zero-order valence-electron chi connectivity index (χ0n) is 11.9. The molecule has 1 aliphatic heterocycles. The van der Waals surface area contributed by atoms with Crippen LogP contribution in [0.4, 0.5) is 0 Å². The monoisotopic (exact) mass is 333 g/mol. The summed E-state index contributed by atoms with van der Waals surface area (Å²) in [6.45, 7) is 0.586. The van der Waals surface area contributed by atoms with Crippen LogP contribution < -0.4 is 0 Å². The predicted octanol–water partition coefficient (Wildman–Crippen LogP) is 0.486. The third kappa shape index (κ3) is 2.86. The molecule has 0 unspecified atom stereocenters. The molecule has 1 aliphatic carbocycles. The molecular formula is C12H19N3O4S2. The Morgan fingerprint density at radius 2 is 1.90 bits per heavy atom. The normalized spacial score (nSPS) is 21.8. The third-order valence-electron chi connectivity index (χ3n) is 3.83. The lowest BCUT2D eigenvalue weighted by Crippen LogP contribution is -2.26. The molecule has 0 radical (unpaired) electrons. The Bertz CT molecular complexity index is 761. The zero-order valence-corrected chi connectivity index (χ0v) is 13.6. The smallest absolute Gasteiger partial charge is 0.307 e. The Morgan fingerprint density at radius 1 is 1.24 bits per heavy atom. The van der Waals surface area contributed by atoms with Crippen LogP contribution in [0.2, 0.25) is 0 Å². The highest BCUT2D eigenvalue weighted by Gasteiger charge is 2.30. The van der Waals surface area contributed by atoms with E-state index in [1.807, 2.05) is 0 Å². The van der Waals surface area contributed by atoms with Gasteiger partial charge in [0.2, 0.25) is 0 Å². The number of fused-ring (bicyclic) bond motifs is 1. The largest absolute Gasteiger partial charge is 0.379 e. The average Bonchev–Trinajstić information content (AvgIpc) is 2.74. The van der Waals surface area contributed by atoms with Crippen LogP contribution >= 0.6 is 0 Å². The maximum Gasteiger partial charge on any atom is 0.307 e. The molecule has 1 saturated heterocycles. The van der Waals surface area contributed by atoms with Gasteiger partial charge in [-0.25, -0.2) is 4.21 Å².